The summed E-state index contributed by atoms with van der Waals surface area (Å²) in [7, 11) is 1.39. The summed E-state index contributed by atoms with van der Waals surface area (Å²) in [5.74, 6) is 0.279. The Morgan fingerprint density at radius 2 is 2.03 bits per heavy atom. The van der Waals surface area contributed by atoms with Gasteiger partial charge < -0.3 is 14.8 Å². The van der Waals surface area contributed by atoms with E-state index in [1.165, 1.54) is 30.5 Å². The number of amides is 1. The average molecular weight is 462 g/mol. The number of methoxy groups -OCH3 is 1. The standard InChI is InChI=1S/C23H25F2N3O3S/c1-15-5-4-6-18(16(15)2)28-12-11-27-23(28)32-14-21(29)26-10-9-17-7-8-19(30-3)20(13-17)31-22(24)25/h4-8,11-13,22H,9-10,14H2,1-3H3,(H,26,29). The molecule has 6 nitrogen and oxygen atoms in total. The van der Waals surface area contributed by atoms with Gasteiger partial charge in [0.25, 0.3) is 0 Å². The van der Waals surface area contributed by atoms with E-state index in [1.54, 1.807) is 18.3 Å². The second-order valence-corrected chi connectivity index (χ2v) is 7.99. The second-order valence-electron chi connectivity index (χ2n) is 7.05. The molecule has 0 saturated carbocycles. The first kappa shape index (κ1) is 23.6. The van der Waals surface area contributed by atoms with Gasteiger partial charge in [-0.1, -0.05) is 30.0 Å². The van der Waals surface area contributed by atoms with E-state index in [4.69, 9.17) is 4.74 Å². The van der Waals surface area contributed by atoms with Gasteiger partial charge in [-0.25, -0.2) is 4.98 Å². The van der Waals surface area contributed by atoms with Crippen LogP contribution in [0, 0.1) is 13.8 Å². The van der Waals surface area contributed by atoms with E-state index < -0.39 is 6.61 Å². The molecule has 32 heavy (non-hydrogen) atoms. The van der Waals surface area contributed by atoms with E-state index in [0.717, 1.165) is 22.0 Å². The van der Waals surface area contributed by atoms with E-state index in [2.05, 4.69) is 35.0 Å². The molecule has 0 atom stereocenters. The Labute approximate surface area is 189 Å². The Kier molecular flexibility index (Phi) is 8.10. The highest BCUT2D eigenvalue weighted by Gasteiger charge is 2.13. The van der Waals surface area contributed by atoms with Gasteiger partial charge in [-0.05, 0) is 55.2 Å². The van der Waals surface area contributed by atoms with Crippen molar-refractivity contribution < 1.29 is 23.0 Å². The highest BCUT2D eigenvalue weighted by Crippen LogP contribution is 2.29. The van der Waals surface area contributed by atoms with Crippen LogP contribution in [0.2, 0.25) is 0 Å². The first-order valence-corrected chi connectivity index (χ1v) is 11.0. The molecule has 0 aliphatic rings. The maximum atomic E-state index is 12.6. The lowest BCUT2D eigenvalue weighted by Crippen LogP contribution is -2.27. The molecule has 0 bridgehead atoms. The molecular formula is C23H25F2N3O3S. The topological polar surface area (TPSA) is 65.4 Å². The molecule has 0 spiro atoms. The molecule has 9 heteroatoms. The smallest absolute Gasteiger partial charge is 0.387 e. The minimum atomic E-state index is -2.94. The number of benzene rings is 2. The van der Waals surface area contributed by atoms with E-state index in [1.807, 2.05) is 22.9 Å². The number of ether oxygens (including phenoxy) is 2. The number of hydrogen-bond acceptors (Lipinski definition) is 5. The number of aromatic nitrogens is 2. The summed E-state index contributed by atoms with van der Waals surface area (Å²) in [5.41, 5.74) is 4.13. The van der Waals surface area contributed by atoms with Gasteiger partial charge in [0, 0.05) is 18.9 Å². The number of alkyl halides is 2. The maximum Gasteiger partial charge on any atom is 0.387 e. The van der Waals surface area contributed by atoms with Crippen LogP contribution in [0.4, 0.5) is 8.78 Å². The first-order chi connectivity index (χ1) is 15.4. The summed E-state index contributed by atoms with van der Waals surface area (Å²) < 4.78 is 36.6. The van der Waals surface area contributed by atoms with Gasteiger partial charge in [0.2, 0.25) is 5.91 Å². The number of halogens is 2. The van der Waals surface area contributed by atoms with Crippen molar-refractivity contribution in [3.8, 4) is 17.2 Å². The summed E-state index contributed by atoms with van der Waals surface area (Å²) in [5, 5.41) is 3.58. The lowest BCUT2D eigenvalue weighted by molar-refractivity contribution is -0.118. The van der Waals surface area contributed by atoms with Gasteiger partial charge in [-0.3, -0.25) is 9.36 Å². The van der Waals surface area contributed by atoms with Crippen molar-refractivity contribution in [2.75, 3.05) is 19.4 Å². The molecule has 0 saturated heterocycles. The van der Waals surface area contributed by atoms with Crippen LogP contribution in [0.1, 0.15) is 16.7 Å². The Morgan fingerprint density at radius 3 is 2.78 bits per heavy atom. The van der Waals surface area contributed by atoms with Crippen molar-refractivity contribution in [1.82, 2.24) is 14.9 Å². The second kappa shape index (κ2) is 11.0. The number of carbonyl (C=O) groups is 1. The average Bonchev–Trinajstić information content (AvgIpc) is 3.22. The fourth-order valence-electron chi connectivity index (χ4n) is 3.17. The fourth-order valence-corrected chi connectivity index (χ4v) is 3.96. The van der Waals surface area contributed by atoms with Gasteiger partial charge in [0.05, 0.1) is 18.6 Å². The predicted octanol–water partition coefficient (Wildman–Crippen LogP) is 4.55. The summed E-state index contributed by atoms with van der Waals surface area (Å²) in [4.78, 5) is 16.7. The maximum absolute atomic E-state index is 12.6. The molecule has 3 aromatic rings. The van der Waals surface area contributed by atoms with Gasteiger partial charge in [-0.15, -0.1) is 0 Å². The van der Waals surface area contributed by atoms with Crippen molar-refractivity contribution in [3.63, 3.8) is 0 Å². The Morgan fingerprint density at radius 1 is 1.22 bits per heavy atom. The van der Waals surface area contributed by atoms with E-state index in [9.17, 15) is 13.6 Å². The van der Waals surface area contributed by atoms with Crippen LogP contribution in [0.15, 0.2) is 53.9 Å². The molecule has 1 heterocycles. The molecule has 1 N–H and O–H groups in total. The van der Waals surface area contributed by atoms with Crippen LogP contribution in [-0.4, -0.2) is 41.5 Å². The molecule has 1 aromatic heterocycles. The third-order valence-corrected chi connectivity index (χ3v) is 5.92. The molecule has 0 radical (unpaired) electrons. The molecule has 0 aliphatic heterocycles. The zero-order chi connectivity index (χ0) is 23.1. The predicted molar refractivity (Wildman–Crippen MR) is 120 cm³/mol. The van der Waals surface area contributed by atoms with Crippen molar-refractivity contribution in [2.24, 2.45) is 0 Å². The number of nitrogens with one attached hydrogen (secondary N) is 1. The van der Waals surface area contributed by atoms with Crippen LogP contribution in [0.25, 0.3) is 5.69 Å². The third kappa shape index (κ3) is 6.00. The lowest BCUT2D eigenvalue weighted by Gasteiger charge is -2.13. The molecule has 170 valence electrons. The molecule has 1 amide bonds. The van der Waals surface area contributed by atoms with Gasteiger partial charge in [-0.2, -0.15) is 8.78 Å². The third-order valence-electron chi connectivity index (χ3n) is 4.95. The van der Waals surface area contributed by atoms with Crippen LogP contribution >= 0.6 is 11.8 Å². The zero-order valence-corrected chi connectivity index (χ0v) is 18.9. The highest BCUT2D eigenvalue weighted by atomic mass is 32.2. The number of aryl methyl sites for hydroxylation is 1. The van der Waals surface area contributed by atoms with Crippen LogP contribution in [-0.2, 0) is 11.2 Å². The molecular weight excluding hydrogens is 436 g/mol. The quantitative estimate of drug-likeness (QED) is 0.449. The van der Waals surface area contributed by atoms with E-state index in [0.29, 0.717) is 13.0 Å². The van der Waals surface area contributed by atoms with Gasteiger partial charge in [0.1, 0.15) is 0 Å². The normalized spacial score (nSPS) is 10.9. The summed E-state index contributed by atoms with van der Waals surface area (Å²) >= 11 is 1.35. The molecule has 3 rings (SSSR count). The first-order valence-electron chi connectivity index (χ1n) is 10.00. The monoisotopic (exact) mass is 461 g/mol. The Hall–Kier alpha value is -3.07. The lowest BCUT2D eigenvalue weighted by atomic mass is 10.1. The molecule has 0 unspecified atom stereocenters. The van der Waals surface area contributed by atoms with E-state index >= 15 is 0 Å². The number of hydrogen-bond donors (Lipinski definition) is 1. The summed E-state index contributed by atoms with van der Waals surface area (Å²) in [6.07, 6.45) is 4.06. The number of thioether (sulfide) groups is 1. The minimum Gasteiger partial charge on any atom is -0.493 e. The van der Waals surface area contributed by atoms with E-state index in [-0.39, 0.29) is 23.2 Å². The van der Waals surface area contributed by atoms with Crippen LogP contribution < -0.4 is 14.8 Å². The fraction of sp³-hybridized carbons (Fsp3) is 0.304. The number of nitrogens with zero attached hydrogens (tertiary/aromatic N) is 2. The minimum absolute atomic E-state index is 0.0276. The number of carbonyl (C=O) groups excluding carboxylic acids is 1. The molecule has 2 aromatic carbocycles. The van der Waals surface area contributed by atoms with Crippen molar-refractivity contribution in [3.05, 3.63) is 65.5 Å². The highest BCUT2D eigenvalue weighted by molar-refractivity contribution is 7.99. The van der Waals surface area contributed by atoms with Gasteiger partial charge in [0.15, 0.2) is 16.7 Å². The summed E-state index contributed by atoms with van der Waals surface area (Å²) in [6.45, 7) is 1.54. The largest absolute Gasteiger partial charge is 0.493 e. The van der Waals surface area contributed by atoms with Crippen molar-refractivity contribution in [1.29, 1.82) is 0 Å². The van der Waals surface area contributed by atoms with Crippen molar-refractivity contribution in [2.45, 2.75) is 32.0 Å². The van der Waals surface area contributed by atoms with Crippen LogP contribution in [0.5, 0.6) is 11.5 Å². The van der Waals surface area contributed by atoms with Crippen molar-refractivity contribution >= 4 is 17.7 Å². The molecule has 0 aliphatic carbocycles. The zero-order valence-electron chi connectivity index (χ0n) is 18.1. The van der Waals surface area contributed by atoms with Crippen LogP contribution in [0.3, 0.4) is 0 Å². The number of rotatable bonds is 10. The molecule has 0 fully saturated rings. The summed E-state index contributed by atoms with van der Waals surface area (Å²) in [6, 6.07) is 10.9. The Balaban J connectivity index is 1.53. The van der Waals surface area contributed by atoms with Gasteiger partial charge >= 0.3 is 6.61 Å². The Bertz CT molecular complexity index is 1070. The number of imidazole rings is 1. The SMILES string of the molecule is COc1ccc(CCNC(=O)CSc2nccn2-c2cccc(C)c2C)cc1OC(F)F.